The van der Waals surface area contributed by atoms with Crippen molar-refractivity contribution >= 4 is 22.9 Å². The maximum Gasteiger partial charge on any atom is 0.123 e. The summed E-state index contributed by atoms with van der Waals surface area (Å²) in [5.74, 6) is 0.626. The molecule has 1 rings (SSSR count). The van der Waals surface area contributed by atoms with Crippen molar-refractivity contribution < 1.29 is 0 Å². The van der Waals surface area contributed by atoms with Crippen LogP contribution in [0.15, 0.2) is 0 Å². The van der Waals surface area contributed by atoms with Gasteiger partial charge in [-0.05, 0) is 6.42 Å². The fourth-order valence-corrected chi connectivity index (χ4v) is 2.16. The molecule has 2 nitrogen and oxygen atoms in total. The number of aryl methyl sites for hydroxylation is 1. The van der Waals surface area contributed by atoms with Crippen molar-refractivity contribution in [1.82, 2.24) is 10.2 Å². The molecule has 0 amide bonds. The molecule has 1 aromatic rings. The summed E-state index contributed by atoms with van der Waals surface area (Å²) in [6, 6.07) is 0. The van der Waals surface area contributed by atoms with Crippen LogP contribution in [0.25, 0.3) is 0 Å². The van der Waals surface area contributed by atoms with Gasteiger partial charge in [-0.3, -0.25) is 0 Å². The normalized spacial score (nSPS) is 12.0. The van der Waals surface area contributed by atoms with E-state index in [0.29, 0.717) is 5.88 Å². The van der Waals surface area contributed by atoms with Crippen molar-refractivity contribution in [3.63, 3.8) is 0 Å². The van der Waals surface area contributed by atoms with E-state index in [2.05, 4.69) is 31.0 Å². The molecule has 74 valence electrons. The Labute approximate surface area is 88.3 Å². The maximum absolute atomic E-state index is 5.63. The minimum absolute atomic E-state index is 0.155. The lowest BCUT2D eigenvalue weighted by molar-refractivity contribution is 0.498. The van der Waals surface area contributed by atoms with Crippen LogP contribution < -0.4 is 0 Å². The van der Waals surface area contributed by atoms with Gasteiger partial charge in [-0.1, -0.05) is 20.8 Å². The Morgan fingerprint density at radius 2 is 2.08 bits per heavy atom. The smallest absolute Gasteiger partial charge is 0.123 e. The Kier molecular flexibility index (Phi) is 3.68. The largest absolute Gasteiger partial charge is 0.143 e. The van der Waals surface area contributed by atoms with E-state index < -0.39 is 0 Å². The first kappa shape index (κ1) is 10.9. The summed E-state index contributed by atoms with van der Waals surface area (Å²) in [7, 11) is 0. The highest BCUT2D eigenvalue weighted by Crippen LogP contribution is 2.29. The first-order valence-electron chi connectivity index (χ1n) is 4.49. The number of nitrogens with zero attached hydrogens (tertiary/aromatic N) is 2. The zero-order chi connectivity index (χ0) is 9.90. The van der Waals surface area contributed by atoms with Crippen molar-refractivity contribution in [1.29, 1.82) is 0 Å². The second-order valence-corrected chi connectivity index (χ2v) is 5.12. The minimum Gasteiger partial charge on any atom is -0.143 e. The van der Waals surface area contributed by atoms with Crippen LogP contribution in [0.5, 0.6) is 0 Å². The van der Waals surface area contributed by atoms with Crippen molar-refractivity contribution in [2.75, 3.05) is 5.88 Å². The third-order valence-corrected chi connectivity index (χ3v) is 3.78. The molecule has 0 aromatic carbocycles. The van der Waals surface area contributed by atoms with Gasteiger partial charge in [0.15, 0.2) is 0 Å². The van der Waals surface area contributed by atoms with Crippen LogP contribution in [-0.4, -0.2) is 16.1 Å². The van der Waals surface area contributed by atoms with E-state index in [1.165, 1.54) is 0 Å². The zero-order valence-corrected chi connectivity index (χ0v) is 9.87. The van der Waals surface area contributed by atoms with Gasteiger partial charge in [0.25, 0.3) is 0 Å². The van der Waals surface area contributed by atoms with Crippen molar-refractivity contribution in [2.45, 2.75) is 39.0 Å². The number of halogens is 1. The third kappa shape index (κ3) is 2.64. The highest BCUT2D eigenvalue weighted by atomic mass is 35.5. The summed E-state index contributed by atoms with van der Waals surface area (Å²) in [5.41, 5.74) is 0.155. The maximum atomic E-state index is 5.63. The third-order valence-electron chi connectivity index (χ3n) is 2.24. The molecule has 0 aliphatic rings. The van der Waals surface area contributed by atoms with Gasteiger partial charge in [0.2, 0.25) is 0 Å². The molecule has 1 heterocycles. The SMILES string of the molecule is CCC(C)(C)c1nnc(CCCl)s1. The van der Waals surface area contributed by atoms with E-state index in [4.69, 9.17) is 11.6 Å². The van der Waals surface area contributed by atoms with Crippen LogP contribution in [-0.2, 0) is 11.8 Å². The molecule has 0 saturated carbocycles. The number of aromatic nitrogens is 2. The van der Waals surface area contributed by atoms with Crippen molar-refractivity contribution in [3.05, 3.63) is 10.0 Å². The van der Waals surface area contributed by atoms with Gasteiger partial charge in [-0.15, -0.1) is 33.1 Å². The van der Waals surface area contributed by atoms with Crippen LogP contribution in [0.4, 0.5) is 0 Å². The van der Waals surface area contributed by atoms with Crippen LogP contribution in [0, 0.1) is 0 Å². The monoisotopic (exact) mass is 218 g/mol. The molecule has 0 radical (unpaired) electrons. The highest BCUT2D eigenvalue weighted by molar-refractivity contribution is 7.11. The molecule has 0 bridgehead atoms. The molecule has 4 heteroatoms. The van der Waals surface area contributed by atoms with Gasteiger partial charge in [0.05, 0.1) is 0 Å². The summed E-state index contributed by atoms with van der Waals surface area (Å²) in [6.45, 7) is 6.55. The molecule has 0 N–H and O–H groups in total. The van der Waals surface area contributed by atoms with Crippen LogP contribution in [0.2, 0.25) is 0 Å². The van der Waals surface area contributed by atoms with Gasteiger partial charge in [0, 0.05) is 17.7 Å². The molecule has 0 aliphatic heterocycles. The first-order chi connectivity index (χ1) is 6.10. The molecule has 0 aliphatic carbocycles. The zero-order valence-electron chi connectivity index (χ0n) is 8.30. The number of rotatable bonds is 4. The van der Waals surface area contributed by atoms with E-state index in [1.54, 1.807) is 11.3 Å². The average Bonchev–Trinajstić information content (AvgIpc) is 2.54. The fraction of sp³-hybridized carbons (Fsp3) is 0.778. The predicted molar refractivity (Wildman–Crippen MR) is 57.7 cm³/mol. The molecular weight excluding hydrogens is 204 g/mol. The lowest BCUT2D eigenvalue weighted by Gasteiger charge is -2.17. The minimum atomic E-state index is 0.155. The van der Waals surface area contributed by atoms with Gasteiger partial charge in [0.1, 0.15) is 10.0 Å². The van der Waals surface area contributed by atoms with Crippen molar-refractivity contribution in [2.24, 2.45) is 0 Å². The van der Waals surface area contributed by atoms with Gasteiger partial charge >= 0.3 is 0 Å². The summed E-state index contributed by atoms with van der Waals surface area (Å²) >= 11 is 7.31. The number of hydrogen-bond donors (Lipinski definition) is 0. The molecule has 0 fully saturated rings. The lowest BCUT2D eigenvalue weighted by Crippen LogP contribution is -2.14. The van der Waals surface area contributed by atoms with Crippen LogP contribution in [0.3, 0.4) is 0 Å². The quantitative estimate of drug-likeness (QED) is 0.727. The molecule has 0 unspecified atom stereocenters. The Morgan fingerprint density at radius 1 is 1.38 bits per heavy atom. The molecule has 0 saturated heterocycles. The molecule has 0 spiro atoms. The summed E-state index contributed by atoms with van der Waals surface area (Å²) in [4.78, 5) is 0. The summed E-state index contributed by atoms with van der Waals surface area (Å²) in [6.07, 6.45) is 1.92. The first-order valence-corrected chi connectivity index (χ1v) is 5.84. The molecule has 1 aromatic heterocycles. The van der Waals surface area contributed by atoms with Gasteiger partial charge in [-0.2, -0.15) is 0 Å². The molecular formula is C9H15ClN2S. The second-order valence-electron chi connectivity index (χ2n) is 3.68. The topological polar surface area (TPSA) is 25.8 Å². The summed E-state index contributed by atoms with van der Waals surface area (Å²) < 4.78 is 0. The standard InChI is InChI=1S/C9H15ClN2S/c1-4-9(2,3)8-12-11-7(13-8)5-6-10/h4-6H2,1-3H3. The fourth-order valence-electron chi connectivity index (χ4n) is 0.860. The summed E-state index contributed by atoms with van der Waals surface area (Å²) in [5, 5.41) is 10.5. The van der Waals surface area contributed by atoms with Crippen LogP contribution >= 0.6 is 22.9 Å². The van der Waals surface area contributed by atoms with E-state index in [9.17, 15) is 0 Å². The van der Waals surface area contributed by atoms with Crippen molar-refractivity contribution in [3.8, 4) is 0 Å². The Morgan fingerprint density at radius 3 is 2.62 bits per heavy atom. The Balaban J connectivity index is 2.79. The van der Waals surface area contributed by atoms with E-state index in [1.807, 2.05) is 0 Å². The second kappa shape index (κ2) is 4.38. The van der Waals surface area contributed by atoms with Gasteiger partial charge < -0.3 is 0 Å². The molecule has 13 heavy (non-hydrogen) atoms. The Hall–Kier alpha value is -0.150. The van der Waals surface area contributed by atoms with Gasteiger partial charge in [-0.25, -0.2) is 0 Å². The van der Waals surface area contributed by atoms with E-state index in [0.717, 1.165) is 22.9 Å². The lowest BCUT2D eigenvalue weighted by atomic mass is 9.91. The molecule has 0 atom stereocenters. The average molecular weight is 219 g/mol. The Bertz CT molecular complexity index is 270. The van der Waals surface area contributed by atoms with E-state index >= 15 is 0 Å². The van der Waals surface area contributed by atoms with Crippen LogP contribution in [0.1, 0.15) is 37.2 Å². The predicted octanol–water partition coefficient (Wildman–Crippen LogP) is 3.01. The number of alkyl halides is 1. The highest BCUT2D eigenvalue weighted by Gasteiger charge is 2.22. The number of hydrogen-bond acceptors (Lipinski definition) is 3. The van der Waals surface area contributed by atoms with E-state index in [-0.39, 0.29) is 5.41 Å².